The zero-order chi connectivity index (χ0) is 32.4. The normalized spacial score (nSPS) is 10.5. The zero-order valence-electron chi connectivity index (χ0n) is 26.0. The van der Waals surface area contributed by atoms with Gasteiger partial charge in [0, 0.05) is 52.3 Å². The Kier molecular flexibility index (Phi) is 9.15. The molecule has 0 aliphatic heterocycles. The molecule has 0 bridgehead atoms. The molecule has 0 aliphatic carbocycles. The minimum Gasteiger partial charge on any atom is -0.457 e. The average Bonchev–Trinajstić information content (AvgIpc) is 3.10. The molecule has 0 radical (unpaired) electrons. The lowest BCUT2D eigenvalue weighted by Crippen LogP contribution is -1.98. The van der Waals surface area contributed by atoms with E-state index >= 15 is 0 Å². The van der Waals surface area contributed by atoms with Gasteiger partial charge in [0.25, 0.3) is 0 Å². The molecule has 0 aromatic heterocycles. The summed E-state index contributed by atoms with van der Waals surface area (Å²) < 4.78 is 18.2. The first-order valence-corrected chi connectivity index (χ1v) is 15.7. The smallest absolute Gasteiger partial charge is 0.129 e. The third kappa shape index (κ3) is 8.33. The Hall–Kier alpha value is -6.66. The predicted octanol–water partition coefficient (Wildman–Crippen LogP) is 12.3. The SMILES string of the molecule is c1ccc(Oc2cccc(Nc3cc(Nc4cccc(Oc5ccccc5)c4)cc(Nc4cccc(Oc5ccccc5)c4)c3)c2)cc1. The molecule has 0 fully saturated rings. The first-order valence-electron chi connectivity index (χ1n) is 15.7. The van der Waals surface area contributed by atoms with E-state index in [2.05, 4.69) is 34.1 Å². The number of hydrogen-bond acceptors (Lipinski definition) is 6. The second kappa shape index (κ2) is 14.6. The molecule has 234 valence electrons. The van der Waals surface area contributed by atoms with E-state index in [1.807, 2.05) is 164 Å². The van der Waals surface area contributed by atoms with Crippen LogP contribution in [0.3, 0.4) is 0 Å². The minimum absolute atomic E-state index is 0.740. The third-order valence-corrected chi connectivity index (χ3v) is 7.24. The molecule has 0 amide bonds. The summed E-state index contributed by atoms with van der Waals surface area (Å²) >= 11 is 0. The van der Waals surface area contributed by atoms with Crippen LogP contribution in [0.5, 0.6) is 34.5 Å². The molecule has 0 saturated carbocycles. The van der Waals surface area contributed by atoms with Gasteiger partial charge in [-0.3, -0.25) is 0 Å². The van der Waals surface area contributed by atoms with E-state index in [0.717, 1.165) is 68.6 Å². The Balaban J connectivity index is 1.15. The quantitative estimate of drug-likeness (QED) is 0.125. The summed E-state index contributed by atoms with van der Waals surface area (Å²) in [5.41, 5.74) is 5.32. The van der Waals surface area contributed by atoms with E-state index < -0.39 is 0 Å². The van der Waals surface area contributed by atoms with Crippen molar-refractivity contribution in [2.45, 2.75) is 0 Å². The largest absolute Gasteiger partial charge is 0.457 e. The molecule has 0 saturated heterocycles. The van der Waals surface area contributed by atoms with Gasteiger partial charge in [0.1, 0.15) is 34.5 Å². The second-order valence-corrected chi connectivity index (χ2v) is 11.0. The highest BCUT2D eigenvalue weighted by Gasteiger charge is 2.08. The highest BCUT2D eigenvalue weighted by atomic mass is 16.5. The summed E-state index contributed by atoms with van der Waals surface area (Å²) in [6, 6.07) is 59.2. The zero-order valence-corrected chi connectivity index (χ0v) is 26.0. The van der Waals surface area contributed by atoms with E-state index in [0.29, 0.717) is 0 Å². The first-order chi connectivity index (χ1) is 23.7. The average molecular weight is 628 g/mol. The highest BCUT2D eigenvalue weighted by molar-refractivity contribution is 5.77. The van der Waals surface area contributed by atoms with Gasteiger partial charge in [0.05, 0.1) is 0 Å². The number of rotatable bonds is 12. The van der Waals surface area contributed by atoms with Crippen LogP contribution in [-0.2, 0) is 0 Å². The molecule has 7 aromatic rings. The molecular formula is C42H33N3O3. The molecule has 6 heteroatoms. The van der Waals surface area contributed by atoms with E-state index in [4.69, 9.17) is 14.2 Å². The summed E-state index contributed by atoms with van der Waals surface area (Å²) in [4.78, 5) is 0. The monoisotopic (exact) mass is 627 g/mol. The van der Waals surface area contributed by atoms with Crippen molar-refractivity contribution in [3.63, 3.8) is 0 Å². The summed E-state index contributed by atoms with van der Waals surface area (Å²) in [7, 11) is 0. The van der Waals surface area contributed by atoms with Crippen molar-refractivity contribution in [1.82, 2.24) is 0 Å². The van der Waals surface area contributed by atoms with Gasteiger partial charge in [-0.15, -0.1) is 0 Å². The maximum Gasteiger partial charge on any atom is 0.129 e. The van der Waals surface area contributed by atoms with Gasteiger partial charge in [0.2, 0.25) is 0 Å². The summed E-state index contributed by atoms with van der Waals surface area (Å²) in [6.07, 6.45) is 0. The Bertz CT molecular complexity index is 1840. The second-order valence-electron chi connectivity index (χ2n) is 11.0. The van der Waals surface area contributed by atoms with Gasteiger partial charge in [-0.25, -0.2) is 0 Å². The van der Waals surface area contributed by atoms with Crippen molar-refractivity contribution < 1.29 is 14.2 Å². The molecular weight excluding hydrogens is 594 g/mol. The van der Waals surface area contributed by atoms with E-state index in [1.54, 1.807) is 0 Å². The van der Waals surface area contributed by atoms with Gasteiger partial charge < -0.3 is 30.2 Å². The number of hydrogen-bond donors (Lipinski definition) is 3. The van der Waals surface area contributed by atoms with Crippen LogP contribution < -0.4 is 30.2 Å². The maximum atomic E-state index is 6.08. The number of anilines is 6. The third-order valence-electron chi connectivity index (χ3n) is 7.24. The fraction of sp³-hybridized carbons (Fsp3) is 0. The standard InChI is InChI=1S/C42H33N3O3/c1-4-16-37(17-5-1)46-40-22-10-13-31(28-40)43-34-25-35(44-32-14-11-23-41(29-32)47-38-18-6-2-7-19-38)27-36(26-34)45-33-15-12-24-42(30-33)48-39-20-8-3-9-21-39/h1-30,43-45H. The Morgan fingerprint density at radius 3 is 0.792 bits per heavy atom. The Morgan fingerprint density at radius 2 is 0.500 bits per heavy atom. The molecule has 7 aromatic carbocycles. The lowest BCUT2D eigenvalue weighted by atomic mass is 10.2. The van der Waals surface area contributed by atoms with E-state index in [1.165, 1.54) is 0 Å². The molecule has 0 heterocycles. The van der Waals surface area contributed by atoms with Crippen molar-refractivity contribution >= 4 is 34.1 Å². The minimum atomic E-state index is 0.740. The molecule has 6 nitrogen and oxygen atoms in total. The van der Waals surface area contributed by atoms with Crippen molar-refractivity contribution in [2.24, 2.45) is 0 Å². The van der Waals surface area contributed by atoms with Crippen LogP contribution in [0.4, 0.5) is 34.1 Å². The molecule has 0 unspecified atom stereocenters. The molecule has 48 heavy (non-hydrogen) atoms. The maximum absolute atomic E-state index is 6.08. The molecule has 0 spiro atoms. The van der Waals surface area contributed by atoms with Gasteiger partial charge >= 0.3 is 0 Å². The van der Waals surface area contributed by atoms with Crippen molar-refractivity contribution in [1.29, 1.82) is 0 Å². The fourth-order valence-corrected chi connectivity index (χ4v) is 5.13. The van der Waals surface area contributed by atoms with Crippen LogP contribution in [0.1, 0.15) is 0 Å². The molecule has 0 atom stereocenters. The fourth-order valence-electron chi connectivity index (χ4n) is 5.13. The molecule has 7 rings (SSSR count). The number of ether oxygens (including phenoxy) is 3. The van der Waals surface area contributed by atoms with Crippen molar-refractivity contribution in [3.05, 3.63) is 182 Å². The topological polar surface area (TPSA) is 63.8 Å². The van der Waals surface area contributed by atoms with Gasteiger partial charge in [-0.1, -0.05) is 72.8 Å². The van der Waals surface area contributed by atoms with E-state index in [9.17, 15) is 0 Å². The van der Waals surface area contributed by atoms with Gasteiger partial charge in [-0.2, -0.15) is 0 Å². The first kappa shape index (κ1) is 30.0. The van der Waals surface area contributed by atoms with Crippen LogP contribution in [0, 0.1) is 0 Å². The predicted molar refractivity (Wildman–Crippen MR) is 195 cm³/mol. The van der Waals surface area contributed by atoms with Crippen LogP contribution in [0.15, 0.2) is 182 Å². The Morgan fingerprint density at radius 1 is 0.229 bits per heavy atom. The summed E-state index contributed by atoms with van der Waals surface area (Å²) in [5.74, 6) is 4.57. The number of nitrogens with one attached hydrogen (secondary N) is 3. The van der Waals surface area contributed by atoms with Gasteiger partial charge in [0.15, 0.2) is 0 Å². The summed E-state index contributed by atoms with van der Waals surface area (Å²) in [5, 5.41) is 10.7. The van der Waals surface area contributed by atoms with Crippen molar-refractivity contribution in [3.8, 4) is 34.5 Å². The number of benzene rings is 7. The Labute approximate surface area is 280 Å². The molecule has 0 aliphatic rings. The van der Waals surface area contributed by atoms with Crippen LogP contribution >= 0.6 is 0 Å². The van der Waals surface area contributed by atoms with Crippen LogP contribution in [0.25, 0.3) is 0 Å². The lowest BCUT2D eigenvalue weighted by molar-refractivity contribution is 0.482. The lowest BCUT2D eigenvalue weighted by Gasteiger charge is -2.16. The highest BCUT2D eigenvalue weighted by Crippen LogP contribution is 2.33. The molecule has 3 N–H and O–H groups in total. The number of para-hydroxylation sites is 3. The van der Waals surface area contributed by atoms with Gasteiger partial charge in [-0.05, 0) is 91.0 Å². The summed E-state index contributed by atoms with van der Waals surface area (Å²) in [6.45, 7) is 0. The van der Waals surface area contributed by atoms with Crippen molar-refractivity contribution in [2.75, 3.05) is 16.0 Å². The van der Waals surface area contributed by atoms with Crippen LogP contribution in [0.2, 0.25) is 0 Å². The van der Waals surface area contributed by atoms with Crippen LogP contribution in [-0.4, -0.2) is 0 Å². The van der Waals surface area contributed by atoms with E-state index in [-0.39, 0.29) is 0 Å².